The summed E-state index contributed by atoms with van der Waals surface area (Å²) in [4.78, 5) is 14.6. The van der Waals surface area contributed by atoms with Crippen molar-refractivity contribution in [3.05, 3.63) is 23.8 Å². The van der Waals surface area contributed by atoms with Gasteiger partial charge >= 0.3 is 6.09 Å². The van der Waals surface area contributed by atoms with Gasteiger partial charge in [0.05, 0.1) is 30.3 Å². The van der Waals surface area contributed by atoms with Gasteiger partial charge in [-0.3, -0.25) is 4.90 Å². The van der Waals surface area contributed by atoms with E-state index in [0.717, 1.165) is 17.0 Å². The molecule has 1 N–H and O–H groups in total. The van der Waals surface area contributed by atoms with Gasteiger partial charge in [-0.25, -0.2) is 22.0 Å². The summed E-state index contributed by atoms with van der Waals surface area (Å²) < 4.78 is 58.1. The van der Waals surface area contributed by atoms with Gasteiger partial charge in [0.1, 0.15) is 21.6 Å². The van der Waals surface area contributed by atoms with Crippen molar-refractivity contribution in [3.63, 3.8) is 0 Å². The maximum atomic E-state index is 14.8. The molecule has 4 rings (SSSR count). The number of halogens is 2. The van der Waals surface area contributed by atoms with Crippen LogP contribution in [0, 0.1) is 23.5 Å². The normalized spacial score (nSPS) is 29.5. The molecule has 3 saturated heterocycles. The van der Waals surface area contributed by atoms with E-state index in [9.17, 15) is 22.0 Å². The minimum Gasteiger partial charge on any atom is -0.441 e. The number of hydrogen-bond acceptors (Lipinski definition) is 6. The lowest BCUT2D eigenvalue weighted by molar-refractivity contribution is 0.0963. The molecular weight excluding hydrogens is 394 g/mol. The first-order chi connectivity index (χ1) is 13.3. The minimum atomic E-state index is -3.02. The molecule has 7 nitrogen and oxygen atoms in total. The van der Waals surface area contributed by atoms with Crippen LogP contribution in [-0.4, -0.2) is 63.5 Å². The number of rotatable bonds is 3. The van der Waals surface area contributed by atoms with Crippen LogP contribution in [0.15, 0.2) is 12.1 Å². The zero-order valence-corrected chi connectivity index (χ0v) is 16.0. The predicted octanol–water partition coefficient (Wildman–Crippen LogP) is 1.54. The first kappa shape index (κ1) is 19.4. The van der Waals surface area contributed by atoms with Crippen molar-refractivity contribution in [1.82, 2.24) is 0 Å². The molecule has 0 spiro atoms. The number of nitrogens with zero attached hydrogens (tertiary/aromatic N) is 2. The zero-order valence-electron chi connectivity index (χ0n) is 15.2. The fourth-order valence-electron chi connectivity index (χ4n) is 4.38. The van der Waals surface area contributed by atoms with Crippen molar-refractivity contribution in [2.45, 2.75) is 18.9 Å². The second-order valence-corrected chi connectivity index (χ2v) is 10.0. The number of anilines is 2. The molecule has 3 aliphatic rings. The number of carbonyl (C=O) groups is 1. The molecule has 3 atom stereocenters. The number of benzene rings is 1. The standard InChI is InChI=1S/C18H22F2N2O5S/c19-15-5-13(22-9-14(10-23)27-18(22)24)6-16(20)17(15)21-7-11-1-3-28(25,26)4-2-12(11)8-21/h5-6,11-12,14,23H,1-4,7-10H2/t11?,12?,14-/m1/s1. The van der Waals surface area contributed by atoms with Gasteiger partial charge < -0.3 is 14.7 Å². The second kappa shape index (κ2) is 7.14. The monoisotopic (exact) mass is 416 g/mol. The molecule has 28 heavy (non-hydrogen) atoms. The van der Waals surface area contributed by atoms with Gasteiger partial charge in [0.2, 0.25) is 0 Å². The first-order valence-electron chi connectivity index (χ1n) is 9.31. The molecule has 1 aromatic carbocycles. The number of ether oxygens (including phenoxy) is 1. The molecule has 10 heteroatoms. The zero-order chi connectivity index (χ0) is 20.1. The molecule has 0 bridgehead atoms. The highest BCUT2D eigenvalue weighted by Gasteiger charge is 2.39. The van der Waals surface area contributed by atoms with E-state index in [1.165, 1.54) is 0 Å². The van der Waals surface area contributed by atoms with Crippen molar-refractivity contribution >= 4 is 27.3 Å². The lowest BCUT2D eigenvalue weighted by atomic mass is 9.92. The van der Waals surface area contributed by atoms with E-state index in [4.69, 9.17) is 9.84 Å². The van der Waals surface area contributed by atoms with E-state index in [2.05, 4.69) is 0 Å². The summed E-state index contributed by atoms with van der Waals surface area (Å²) >= 11 is 0. The Labute approximate surface area is 161 Å². The van der Waals surface area contributed by atoms with E-state index >= 15 is 0 Å². The summed E-state index contributed by atoms with van der Waals surface area (Å²) in [5.74, 6) is -1.13. The lowest BCUT2D eigenvalue weighted by Crippen LogP contribution is -2.27. The van der Waals surface area contributed by atoms with E-state index < -0.39 is 33.7 Å². The van der Waals surface area contributed by atoms with E-state index in [-0.39, 0.29) is 47.9 Å². The smallest absolute Gasteiger partial charge is 0.414 e. The molecule has 154 valence electrons. The summed E-state index contributed by atoms with van der Waals surface area (Å²) in [6.45, 7) is 0.477. The Bertz CT molecular complexity index is 849. The van der Waals surface area contributed by atoms with Crippen LogP contribution in [0.2, 0.25) is 0 Å². The molecule has 1 amide bonds. The Morgan fingerprint density at radius 1 is 1.07 bits per heavy atom. The van der Waals surface area contributed by atoms with Gasteiger partial charge in [-0.15, -0.1) is 0 Å². The van der Waals surface area contributed by atoms with E-state index in [1.807, 2.05) is 0 Å². The van der Waals surface area contributed by atoms with Crippen molar-refractivity contribution in [2.75, 3.05) is 47.5 Å². The van der Waals surface area contributed by atoms with Crippen molar-refractivity contribution in [2.24, 2.45) is 11.8 Å². The Morgan fingerprint density at radius 3 is 2.14 bits per heavy atom. The molecule has 0 radical (unpaired) electrons. The maximum Gasteiger partial charge on any atom is 0.414 e. The highest BCUT2D eigenvalue weighted by atomic mass is 32.2. The third-order valence-corrected chi connectivity index (χ3v) is 7.60. The van der Waals surface area contributed by atoms with Crippen molar-refractivity contribution < 1.29 is 31.8 Å². The summed E-state index contributed by atoms with van der Waals surface area (Å²) in [6, 6.07) is 2.19. The molecule has 1 aromatic rings. The van der Waals surface area contributed by atoms with Crippen LogP contribution in [0.3, 0.4) is 0 Å². The van der Waals surface area contributed by atoms with Crippen LogP contribution in [0.5, 0.6) is 0 Å². The Balaban J connectivity index is 1.55. The predicted molar refractivity (Wildman–Crippen MR) is 98.1 cm³/mol. The Hall–Kier alpha value is -1.94. The summed E-state index contributed by atoms with van der Waals surface area (Å²) in [7, 11) is -3.02. The molecule has 3 fully saturated rings. The highest BCUT2D eigenvalue weighted by Crippen LogP contribution is 2.38. The van der Waals surface area contributed by atoms with Crippen LogP contribution in [0.25, 0.3) is 0 Å². The molecular formula is C18H22F2N2O5S. The summed E-state index contributed by atoms with van der Waals surface area (Å²) in [6.07, 6.45) is -0.463. The number of cyclic esters (lactones) is 1. The molecule has 3 heterocycles. The molecule has 2 unspecified atom stereocenters. The molecule has 0 aliphatic carbocycles. The van der Waals surface area contributed by atoms with Crippen LogP contribution >= 0.6 is 0 Å². The second-order valence-electron chi connectivity index (χ2n) is 7.71. The van der Waals surface area contributed by atoms with Gasteiger partial charge in [0.15, 0.2) is 11.6 Å². The number of fused-ring (bicyclic) bond motifs is 1. The summed E-state index contributed by atoms with van der Waals surface area (Å²) in [5.41, 5.74) is -0.106. The van der Waals surface area contributed by atoms with Gasteiger partial charge in [-0.1, -0.05) is 0 Å². The largest absolute Gasteiger partial charge is 0.441 e. The number of sulfone groups is 1. The van der Waals surface area contributed by atoms with Gasteiger partial charge in [-0.05, 0) is 24.7 Å². The van der Waals surface area contributed by atoms with Crippen LogP contribution in [0.1, 0.15) is 12.8 Å². The fourth-order valence-corrected chi connectivity index (χ4v) is 5.90. The Morgan fingerprint density at radius 2 is 1.64 bits per heavy atom. The average molecular weight is 416 g/mol. The summed E-state index contributed by atoms with van der Waals surface area (Å²) in [5, 5.41) is 9.10. The van der Waals surface area contributed by atoms with Gasteiger partial charge in [0.25, 0.3) is 0 Å². The lowest BCUT2D eigenvalue weighted by Gasteiger charge is -2.22. The molecule has 0 aromatic heterocycles. The van der Waals surface area contributed by atoms with E-state index in [1.54, 1.807) is 4.90 Å². The van der Waals surface area contributed by atoms with Gasteiger partial charge in [-0.2, -0.15) is 0 Å². The average Bonchev–Trinajstić information content (AvgIpc) is 3.17. The first-order valence-corrected chi connectivity index (χ1v) is 11.1. The number of aliphatic hydroxyl groups excluding tert-OH is 1. The third-order valence-electron chi connectivity index (χ3n) is 5.88. The Kier molecular flexibility index (Phi) is 4.95. The van der Waals surface area contributed by atoms with Crippen molar-refractivity contribution in [1.29, 1.82) is 0 Å². The van der Waals surface area contributed by atoms with Gasteiger partial charge in [0, 0.05) is 25.2 Å². The van der Waals surface area contributed by atoms with E-state index in [0.29, 0.717) is 25.9 Å². The fraction of sp³-hybridized carbons (Fsp3) is 0.611. The van der Waals surface area contributed by atoms with Crippen LogP contribution in [-0.2, 0) is 14.6 Å². The quantitative estimate of drug-likeness (QED) is 0.805. The number of aliphatic hydroxyl groups is 1. The highest BCUT2D eigenvalue weighted by molar-refractivity contribution is 7.91. The minimum absolute atomic E-state index is 0.0237. The van der Waals surface area contributed by atoms with Crippen LogP contribution in [0.4, 0.5) is 25.0 Å². The SMILES string of the molecule is O=C1O[C@@H](CO)CN1c1cc(F)c(N2CC3CCS(=O)(=O)CCC3C2)c(F)c1. The number of amides is 1. The number of hydrogen-bond donors (Lipinski definition) is 1. The topological polar surface area (TPSA) is 87.2 Å². The maximum absolute atomic E-state index is 14.8. The third kappa shape index (κ3) is 3.55. The van der Waals surface area contributed by atoms with Crippen LogP contribution < -0.4 is 9.80 Å². The molecule has 3 aliphatic heterocycles. The molecule has 0 saturated carbocycles. The van der Waals surface area contributed by atoms with Crippen molar-refractivity contribution in [3.8, 4) is 0 Å². The number of carbonyl (C=O) groups excluding carboxylic acids is 1.